The molecule has 0 saturated carbocycles. The van der Waals surface area contributed by atoms with E-state index in [9.17, 15) is 4.79 Å². The zero-order valence-electron chi connectivity index (χ0n) is 15.6. The van der Waals surface area contributed by atoms with Crippen LogP contribution in [0.1, 0.15) is 36.7 Å². The lowest BCUT2D eigenvalue weighted by Crippen LogP contribution is -2.14. The van der Waals surface area contributed by atoms with Gasteiger partial charge in [0.1, 0.15) is 5.82 Å². The molecule has 0 spiro atoms. The highest BCUT2D eigenvalue weighted by molar-refractivity contribution is 6.30. The van der Waals surface area contributed by atoms with Crippen molar-refractivity contribution in [2.24, 2.45) is 0 Å². The molecule has 27 heavy (non-hydrogen) atoms. The van der Waals surface area contributed by atoms with Crippen LogP contribution >= 0.6 is 11.6 Å². The molecule has 138 valence electrons. The molecular weight excluding hydrogens is 358 g/mol. The number of benzene rings is 2. The van der Waals surface area contributed by atoms with Gasteiger partial charge in [0, 0.05) is 16.3 Å². The van der Waals surface area contributed by atoms with Crippen molar-refractivity contribution in [2.75, 3.05) is 10.6 Å². The van der Waals surface area contributed by atoms with Crippen molar-refractivity contribution in [3.05, 3.63) is 83.0 Å². The van der Waals surface area contributed by atoms with Gasteiger partial charge >= 0.3 is 0 Å². The highest BCUT2D eigenvalue weighted by atomic mass is 35.5. The van der Waals surface area contributed by atoms with Crippen LogP contribution in [0, 0.1) is 0 Å². The number of nitrogens with zero attached hydrogens (tertiary/aromatic N) is 1. The molecule has 0 unspecified atom stereocenters. The lowest BCUT2D eigenvalue weighted by Gasteiger charge is -2.19. The van der Waals surface area contributed by atoms with Crippen molar-refractivity contribution < 1.29 is 4.79 Å². The number of pyridine rings is 1. The molecule has 1 heterocycles. The van der Waals surface area contributed by atoms with Crippen molar-refractivity contribution in [3.63, 3.8) is 0 Å². The van der Waals surface area contributed by atoms with E-state index in [0.717, 1.165) is 5.69 Å². The average Bonchev–Trinajstić information content (AvgIpc) is 2.63. The smallest absolute Gasteiger partial charge is 0.255 e. The van der Waals surface area contributed by atoms with Crippen molar-refractivity contribution >= 4 is 34.7 Å². The van der Waals surface area contributed by atoms with Gasteiger partial charge in [0.15, 0.2) is 0 Å². The summed E-state index contributed by atoms with van der Waals surface area (Å²) in [5.74, 6) is 0.512. The fourth-order valence-corrected chi connectivity index (χ4v) is 2.77. The lowest BCUT2D eigenvalue weighted by molar-refractivity contribution is 0.102. The van der Waals surface area contributed by atoms with E-state index in [1.807, 2.05) is 48.5 Å². The first-order valence-corrected chi connectivity index (χ1v) is 9.09. The molecule has 5 heteroatoms. The Bertz CT molecular complexity index is 929. The largest absolute Gasteiger partial charge is 0.340 e. The van der Waals surface area contributed by atoms with Crippen LogP contribution in [0.15, 0.2) is 66.9 Å². The first kappa shape index (κ1) is 18.9. The summed E-state index contributed by atoms with van der Waals surface area (Å²) in [6, 6.07) is 18.7. The molecule has 0 aliphatic heterocycles. The number of hydrogen-bond donors (Lipinski definition) is 2. The Hall–Kier alpha value is -2.85. The Balaban J connectivity index is 1.64. The van der Waals surface area contributed by atoms with Crippen LogP contribution in [0.25, 0.3) is 0 Å². The van der Waals surface area contributed by atoms with Gasteiger partial charge in [0.25, 0.3) is 5.91 Å². The van der Waals surface area contributed by atoms with Crippen molar-refractivity contribution in [1.82, 2.24) is 4.98 Å². The van der Waals surface area contributed by atoms with Crippen molar-refractivity contribution in [3.8, 4) is 0 Å². The van der Waals surface area contributed by atoms with Gasteiger partial charge in [0.05, 0.1) is 11.9 Å². The Morgan fingerprint density at radius 1 is 0.963 bits per heavy atom. The molecule has 2 N–H and O–H groups in total. The summed E-state index contributed by atoms with van der Waals surface area (Å²) in [5, 5.41) is 6.69. The summed E-state index contributed by atoms with van der Waals surface area (Å²) < 4.78 is 0. The van der Waals surface area contributed by atoms with E-state index in [4.69, 9.17) is 11.6 Å². The van der Waals surface area contributed by atoms with Gasteiger partial charge in [-0.1, -0.05) is 50.6 Å². The van der Waals surface area contributed by atoms with Crippen LogP contribution < -0.4 is 10.6 Å². The average molecular weight is 380 g/mol. The van der Waals surface area contributed by atoms with Gasteiger partial charge in [0.2, 0.25) is 0 Å². The Morgan fingerprint density at radius 2 is 1.70 bits per heavy atom. The number of carbonyl (C=O) groups excluding carboxylic acids is 1. The molecule has 0 saturated heterocycles. The molecule has 0 aliphatic carbocycles. The van der Waals surface area contributed by atoms with Crippen LogP contribution in [0.5, 0.6) is 0 Å². The van der Waals surface area contributed by atoms with Crippen molar-refractivity contribution in [1.29, 1.82) is 0 Å². The lowest BCUT2D eigenvalue weighted by atomic mass is 9.87. The van der Waals surface area contributed by atoms with Crippen LogP contribution in [0.2, 0.25) is 5.02 Å². The number of rotatable bonds is 4. The van der Waals surface area contributed by atoms with Gasteiger partial charge in [-0.15, -0.1) is 0 Å². The van der Waals surface area contributed by atoms with Crippen LogP contribution in [0.4, 0.5) is 17.2 Å². The number of aromatic nitrogens is 1. The number of amides is 1. The molecule has 4 nitrogen and oxygen atoms in total. The minimum Gasteiger partial charge on any atom is -0.340 e. The van der Waals surface area contributed by atoms with Crippen molar-refractivity contribution in [2.45, 2.75) is 26.2 Å². The fraction of sp³-hybridized carbons (Fsp3) is 0.182. The zero-order chi connectivity index (χ0) is 19.4. The molecule has 0 aliphatic rings. The van der Waals surface area contributed by atoms with E-state index in [2.05, 4.69) is 36.4 Å². The summed E-state index contributed by atoms with van der Waals surface area (Å²) in [7, 11) is 0. The topological polar surface area (TPSA) is 54.0 Å². The summed E-state index contributed by atoms with van der Waals surface area (Å²) >= 11 is 5.98. The SMILES string of the molecule is CC(C)(C)c1ccc(C(=O)Nc2ccc(Nc3cccc(Cl)c3)nc2)cc1. The summed E-state index contributed by atoms with van der Waals surface area (Å²) in [6.07, 6.45) is 1.62. The van der Waals surface area contributed by atoms with Crippen LogP contribution in [0.3, 0.4) is 0 Å². The third-order valence-corrected chi connectivity index (χ3v) is 4.37. The highest BCUT2D eigenvalue weighted by Gasteiger charge is 2.14. The first-order valence-electron chi connectivity index (χ1n) is 8.72. The maximum Gasteiger partial charge on any atom is 0.255 e. The van der Waals surface area contributed by atoms with E-state index >= 15 is 0 Å². The molecular formula is C22H22ClN3O. The zero-order valence-corrected chi connectivity index (χ0v) is 16.3. The van der Waals surface area contributed by atoms with E-state index in [1.165, 1.54) is 5.56 Å². The Kier molecular flexibility index (Phi) is 5.47. The van der Waals surface area contributed by atoms with Crippen LogP contribution in [-0.4, -0.2) is 10.9 Å². The standard InChI is InChI=1S/C22H22ClN3O/c1-22(2,3)16-9-7-15(8-10-16)21(27)26-19-11-12-20(24-14-19)25-18-6-4-5-17(23)13-18/h4-14H,1-3H3,(H,24,25)(H,26,27). The molecule has 0 fully saturated rings. The second-order valence-electron chi connectivity index (χ2n) is 7.35. The number of carbonyl (C=O) groups is 1. The van der Waals surface area contributed by atoms with Gasteiger partial charge in [-0.25, -0.2) is 4.98 Å². The summed E-state index contributed by atoms with van der Waals surface area (Å²) in [5.41, 5.74) is 3.36. The maximum atomic E-state index is 12.4. The molecule has 1 amide bonds. The van der Waals surface area contributed by atoms with E-state index < -0.39 is 0 Å². The summed E-state index contributed by atoms with van der Waals surface area (Å²) in [4.78, 5) is 16.7. The summed E-state index contributed by atoms with van der Waals surface area (Å²) in [6.45, 7) is 6.44. The normalized spacial score (nSPS) is 11.1. The molecule has 0 atom stereocenters. The number of hydrogen-bond acceptors (Lipinski definition) is 3. The first-order chi connectivity index (χ1) is 12.8. The van der Waals surface area contributed by atoms with E-state index in [-0.39, 0.29) is 11.3 Å². The quantitative estimate of drug-likeness (QED) is 0.582. The number of halogens is 1. The molecule has 2 aromatic carbocycles. The minimum absolute atomic E-state index is 0.0603. The van der Waals surface area contributed by atoms with Gasteiger partial charge < -0.3 is 10.6 Å². The predicted molar refractivity (Wildman–Crippen MR) is 112 cm³/mol. The fourth-order valence-electron chi connectivity index (χ4n) is 2.58. The minimum atomic E-state index is -0.159. The number of nitrogens with one attached hydrogen (secondary N) is 2. The maximum absolute atomic E-state index is 12.4. The predicted octanol–water partition coefficient (Wildman–Crippen LogP) is 6.03. The molecule has 0 radical (unpaired) electrons. The van der Waals surface area contributed by atoms with Gasteiger partial charge in [-0.05, 0) is 53.4 Å². The molecule has 3 aromatic rings. The van der Waals surface area contributed by atoms with Gasteiger partial charge in [-0.2, -0.15) is 0 Å². The molecule has 0 bridgehead atoms. The monoisotopic (exact) mass is 379 g/mol. The highest BCUT2D eigenvalue weighted by Crippen LogP contribution is 2.23. The number of anilines is 3. The second kappa shape index (κ2) is 7.80. The Morgan fingerprint density at radius 3 is 2.30 bits per heavy atom. The van der Waals surface area contributed by atoms with E-state index in [0.29, 0.717) is 22.1 Å². The third kappa shape index (κ3) is 5.08. The Labute approximate surface area is 164 Å². The molecule has 3 rings (SSSR count). The molecule has 1 aromatic heterocycles. The third-order valence-electron chi connectivity index (χ3n) is 4.13. The van der Waals surface area contributed by atoms with Gasteiger partial charge in [-0.3, -0.25) is 4.79 Å². The van der Waals surface area contributed by atoms with E-state index in [1.54, 1.807) is 18.3 Å². The second-order valence-corrected chi connectivity index (χ2v) is 7.79. The van der Waals surface area contributed by atoms with Crippen LogP contribution in [-0.2, 0) is 5.41 Å².